The molecule has 7 heteroatoms. The van der Waals surface area contributed by atoms with E-state index in [1.165, 1.54) is 0 Å². The third-order valence-corrected chi connectivity index (χ3v) is 3.68. The molecule has 1 atom stereocenters. The van der Waals surface area contributed by atoms with E-state index in [2.05, 4.69) is 15.8 Å². The fourth-order valence-electron chi connectivity index (χ4n) is 2.29. The molecule has 0 saturated carbocycles. The highest BCUT2D eigenvalue weighted by atomic mass is 35.5. The van der Waals surface area contributed by atoms with E-state index < -0.39 is 0 Å². The second kappa shape index (κ2) is 6.91. The van der Waals surface area contributed by atoms with Gasteiger partial charge in [0.1, 0.15) is 5.69 Å². The Morgan fingerprint density at radius 2 is 2.32 bits per heavy atom. The minimum absolute atomic E-state index is 0.0275. The number of rotatable bonds is 4. The van der Waals surface area contributed by atoms with Gasteiger partial charge in [0.25, 0.3) is 0 Å². The van der Waals surface area contributed by atoms with Crippen molar-refractivity contribution in [2.45, 2.75) is 12.5 Å². The average molecular weight is 322 g/mol. The molecule has 0 radical (unpaired) electrons. The Morgan fingerprint density at radius 3 is 3.09 bits per heavy atom. The van der Waals surface area contributed by atoms with Crippen LogP contribution < -0.4 is 10.6 Å². The number of morpholine rings is 1. The number of hydrogen-bond acceptors (Lipinski definition) is 5. The predicted molar refractivity (Wildman–Crippen MR) is 82.8 cm³/mol. The summed E-state index contributed by atoms with van der Waals surface area (Å²) < 4.78 is 10.5. The second-order valence-corrected chi connectivity index (χ2v) is 5.44. The summed E-state index contributed by atoms with van der Waals surface area (Å²) in [5, 5.41) is 10.4. The third-order valence-electron chi connectivity index (χ3n) is 3.35. The van der Waals surface area contributed by atoms with Crippen molar-refractivity contribution in [1.82, 2.24) is 10.5 Å². The molecule has 1 saturated heterocycles. The van der Waals surface area contributed by atoms with Crippen LogP contribution >= 0.6 is 11.6 Å². The first kappa shape index (κ1) is 15.0. The molecule has 1 fully saturated rings. The van der Waals surface area contributed by atoms with Crippen LogP contribution in [0.25, 0.3) is 11.3 Å². The van der Waals surface area contributed by atoms with E-state index in [9.17, 15) is 4.79 Å². The Morgan fingerprint density at radius 1 is 1.45 bits per heavy atom. The van der Waals surface area contributed by atoms with E-state index in [-0.39, 0.29) is 11.9 Å². The number of ether oxygens (including phenoxy) is 1. The maximum atomic E-state index is 12.0. The number of carbonyl (C=O) groups excluding carboxylic acids is 1. The average Bonchev–Trinajstić information content (AvgIpc) is 2.97. The maximum Gasteiger partial charge on any atom is 0.231 e. The Hall–Kier alpha value is -1.89. The van der Waals surface area contributed by atoms with Gasteiger partial charge >= 0.3 is 0 Å². The Bertz CT molecular complexity index is 653. The summed E-state index contributed by atoms with van der Waals surface area (Å²) in [6.07, 6.45) is 0.322. The van der Waals surface area contributed by atoms with E-state index in [0.29, 0.717) is 36.2 Å². The molecule has 1 aromatic heterocycles. The summed E-state index contributed by atoms with van der Waals surface area (Å²) in [5.74, 6) is 0.154. The van der Waals surface area contributed by atoms with Crippen LogP contribution in [0.2, 0.25) is 5.02 Å². The van der Waals surface area contributed by atoms with Gasteiger partial charge < -0.3 is 14.6 Å². The van der Waals surface area contributed by atoms with Crippen molar-refractivity contribution in [3.8, 4) is 11.3 Å². The smallest absolute Gasteiger partial charge is 0.231 e. The summed E-state index contributed by atoms with van der Waals surface area (Å²) in [4.78, 5) is 12.0. The number of hydrogen-bond donors (Lipinski definition) is 2. The number of nitrogens with one attached hydrogen (secondary N) is 2. The molecule has 1 amide bonds. The number of aromatic nitrogens is 1. The molecule has 0 bridgehead atoms. The zero-order valence-corrected chi connectivity index (χ0v) is 12.6. The normalized spacial score (nSPS) is 18.1. The lowest BCUT2D eigenvalue weighted by molar-refractivity contribution is -0.117. The van der Waals surface area contributed by atoms with E-state index in [4.69, 9.17) is 20.9 Å². The Labute approximate surface area is 132 Å². The molecule has 2 N–H and O–H groups in total. The fraction of sp³-hybridized carbons (Fsp3) is 0.333. The van der Waals surface area contributed by atoms with Crippen molar-refractivity contribution in [2.24, 2.45) is 0 Å². The van der Waals surface area contributed by atoms with Crippen LogP contribution in [0.15, 0.2) is 34.9 Å². The molecule has 1 aliphatic rings. The highest BCUT2D eigenvalue weighted by Crippen LogP contribution is 2.28. The number of nitrogens with zero attached hydrogens (tertiary/aromatic N) is 1. The van der Waals surface area contributed by atoms with Crippen molar-refractivity contribution >= 4 is 23.4 Å². The van der Waals surface area contributed by atoms with Crippen molar-refractivity contribution < 1.29 is 14.1 Å². The number of halogens is 1. The van der Waals surface area contributed by atoms with Crippen molar-refractivity contribution in [2.75, 3.05) is 25.1 Å². The molecule has 3 rings (SSSR count). The molecule has 1 aromatic carbocycles. The largest absolute Gasteiger partial charge is 0.378 e. The number of carbonyl (C=O) groups is 1. The summed E-state index contributed by atoms with van der Waals surface area (Å²) >= 11 is 6.11. The van der Waals surface area contributed by atoms with Crippen LogP contribution in [0.4, 0.5) is 5.88 Å². The standard InChI is InChI=1S/C15H16ClN3O3/c16-12-4-2-1-3-11(12)13-8-15(22-19-13)18-14(20)7-10-9-21-6-5-17-10/h1-4,8,10,17H,5-7,9H2,(H,18,20). The minimum atomic E-state index is -0.148. The number of benzene rings is 1. The lowest BCUT2D eigenvalue weighted by Gasteiger charge is -2.22. The molecule has 6 nitrogen and oxygen atoms in total. The van der Waals surface area contributed by atoms with Crippen molar-refractivity contribution in [3.05, 3.63) is 35.4 Å². The molecule has 116 valence electrons. The zero-order valence-electron chi connectivity index (χ0n) is 11.8. The van der Waals surface area contributed by atoms with Crippen LogP contribution in [-0.2, 0) is 9.53 Å². The summed E-state index contributed by atoms with van der Waals surface area (Å²) in [6.45, 7) is 1.98. The Kier molecular flexibility index (Phi) is 4.72. The van der Waals surface area contributed by atoms with Gasteiger partial charge in [-0.2, -0.15) is 0 Å². The first-order valence-electron chi connectivity index (χ1n) is 7.05. The van der Waals surface area contributed by atoms with Crippen LogP contribution in [0, 0.1) is 0 Å². The highest BCUT2D eigenvalue weighted by molar-refractivity contribution is 6.33. The van der Waals surface area contributed by atoms with Crippen LogP contribution in [-0.4, -0.2) is 36.9 Å². The van der Waals surface area contributed by atoms with Gasteiger partial charge in [0.2, 0.25) is 11.8 Å². The molecule has 2 heterocycles. The summed E-state index contributed by atoms with van der Waals surface area (Å²) in [6, 6.07) is 9.01. The molecule has 22 heavy (non-hydrogen) atoms. The van der Waals surface area contributed by atoms with Gasteiger partial charge in [-0.25, -0.2) is 0 Å². The minimum Gasteiger partial charge on any atom is -0.378 e. The maximum absolute atomic E-state index is 12.0. The van der Waals surface area contributed by atoms with E-state index in [0.717, 1.165) is 12.1 Å². The number of amides is 1. The monoisotopic (exact) mass is 321 g/mol. The Balaban J connectivity index is 1.62. The molecule has 0 spiro atoms. The zero-order chi connectivity index (χ0) is 15.4. The van der Waals surface area contributed by atoms with E-state index in [1.807, 2.05) is 18.2 Å². The molecule has 0 aliphatic carbocycles. The van der Waals surface area contributed by atoms with Crippen molar-refractivity contribution in [1.29, 1.82) is 0 Å². The quantitative estimate of drug-likeness (QED) is 0.903. The van der Waals surface area contributed by atoms with Crippen LogP contribution in [0.3, 0.4) is 0 Å². The van der Waals surface area contributed by atoms with Gasteiger partial charge in [0, 0.05) is 30.6 Å². The topological polar surface area (TPSA) is 76.4 Å². The predicted octanol–water partition coefficient (Wildman–Crippen LogP) is 2.31. The summed E-state index contributed by atoms with van der Waals surface area (Å²) in [5.41, 5.74) is 1.34. The van der Waals surface area contributed by atoms with Gasteiger partial charge in [-0.3, -0.25) is 10.1 Å². The van der Waals surface area contributed by atoms with Crippen molar-refractivity contribution in [3.63, 3.8) is 0 Å². The molecule has 1 unspecified atom stereocenters. The van der Waals surface area contributed by atoms with Gasteiger partial charge in [-0.15, -0.1) is 0 Å². The first-order valence-corrected chi connectivity index (χ1v) is 7.43. The van der Waals surface area contributed by atoms with Gasteiger partial charge in [-0.05, 0) is 6.07 Å². The van der Waals surface area contributed by atoms with Crippen LogP contribution in [0.1, 0.15) is 6.42 Å². The first-order chi connectivity index (χ1) is 10.7. The van der Waals surface area contributed by atoms with E-state index >= 15 is 0 Å². The third kappa shape index (κ3) is 3.65. The SMILES string of the molecule is O=C(CC1COCCN1)Nc1cc(-c2ccccc2Cl)no1. The lowest BCUT2D eigenvalue weighted by atomic mass is 10.1. The van der Waals surface area contributed by atoms with Gasteiger partial charge in [0.05, 0.1) is 18.2 Å². The molecular formula is C15H16ClN3O3. The number of anilines is 1. The molecular weight excluding hydrogens is 306 g/mol. The fourth-order valence-corrected chi connectivity index (χ4v) is 2.53. The second-order valence-electron chi connectivity index (χ2n) is 5.03. The molecule has 2 aromatic rings. The molecule has 1 aliphatic heterocycles. The van der Waals surface area contributed by atoms with E-state index in [1.54, 1.807) is 12.1 Å². The van der Waals surface area contributed by atoms with Gasteiger partial charge in [0.15, 0.2) is 0 Å². The van der Waals surface area contributed by atoms with Crippen LogP contribution in [0.5, 0.6) is 0 Å². The lowest BCUT2D eigenvalue weighted by Crippen LogP contribution is -2.43. The summed E-state index contributed by atoms with van der Waals surface area (Å²) in [7, 11) is 0. The van der Waals surface area contributed by atoms with Gasteiger partial charge in [-0.1, -0.05) is 35.0 Å². The highest BCUT2D eigenvalue weighted by Gasteiger charge is 2.18.